The van der Waals surface area contributed by atoms with Gasteiger partial charge in [0.2, 0.25) is 5.91 Å². The Balaban J connectivity index is 1.54. The minimum absolute atomic E-state index is 0.173. The number of benzene rings is 1. The van der Waals surface area contributed by atoms with Crippen molar-refractivity contribution in [1.29, 1.82) is 0 Å². The van der Waals surface area contributed by atoms with Crippen molar-refractivity contribution in [2.45, 2.75) is 25.7 Å². The molecule has 4 nitrogen and oxygen atoms in total. The molecule has 22 heavy (non-hydrogen) atoms. The van der Waals surface area contributed by atoms with Gasteiger partial charge in [0, 0.05) is 13.0 Å². The van der Waals surface area contributed by atoms with E-state index in [2.05, 4.69) is 10.2 Å². The van der Waals surface area contributed by atoms with Gasteiger partial charge >= 0.3 is 0 Å². The van der Waals surface area contributed by atoms with Gasteiger partial charge in [0.25, 0.3) is 0 Å². The third-order valence-corrected chi connectivity index (χ3v) is 4.16. The minimum Gasteiger partial charge on any atom is -0.494 e. The Kier molecular flexibility index (Phi) is 6.65. The van der Waals surface area contributed by atoms with Gasteiger partial charge in [0.05, 0.1) is 6.61 Å². The second-order valence-corrected chi connectivity index (χ2v) is 5.74. The second kappa shape index (κ2) is 8.73. The fourth-order valence-electron chi connectivity index (χ4n) is 2.78. The highest BCUT2D eigenvalue weighted by Gasteiger charge is 2.23. The van der Waals surface area contributed by atoms with Crippen LogP contribution in [0.4, 0.5) is 4.39 Å². The Morgan fingerprint density at radius 2 is 1.95 bits per heavy atom. The molecule has 0 radical (unpaired) electrons. The van der Waals surface area contributed by atoms with Crippen LogP contribution in [0.25, 0.3) is 0 Å². The summed E-state index contributed by atoms with van der Waals surface area (Å²) < 4.78 is 18.3. The first-order valence-corrected chi connectivity index (χ1v) is 8.01. The molecule has 0 saturated carbocycles. The fraction of sp³-hybridized carbons (Fsp3) is 0.588. The maximum absolute atomic E-state index is 12.7. The van der Waals surface area contributed by atoms with Crippen molar-refractivity contribution in [3.05, 3.63) is 30.1 Å². The van der Waals surface area contributed by atoms with Crippen LogP contribution in [0, 0.1) is 11.7 Å². The molecular formula is C17H25FN2O2. The largest absolute Gasteiger partial charge is 0.494 e. The summed E-state index contributed by atoms with van der Waals surface area (Å²) in [5.41, 5.74) is 0. The van der Waals surface area contributed by atoms with Crippen LogP contribution in [0.15, 0.2) is 24.3 Å². The number of ether oxygens (including phenoxy) is 1. The van der Waals surface area contributed by atoms with Crippen molar-refractivity contribution in [2.75, 3.05) is 33.3 Å². The summed E-state index contributed by atoms with van der Waals surface area (Å²) in [5, 5.41) is 2.73. The van der Waals surface area contributed by atoms with Gasteiger partial charge in [-0.2, -0.15) is 0 Å². The number of likely N-dealkylation sites (tertiary alicyclic amines) is 1. The zero-order valence-corrected chi connectivity index (χ0v) is 13.2. The van der Waals surface area contributed by atoms with E-state index < -0.39 is 0 Å². The SMILES string of the molecule is CNC(=O)C1CCN(CCCCOc2ccc(F)cc2)CC1. The smallest absolute Gasteiger partial charge is 0.222 e. The lowest BCUT2D eigenvalue weighted by Gasteiger charge is -2.30. The number of hydrogen-bond acceptors (Lipinski definition) is 3. The van der Waals surface area contributed by atoms with Gasteiger partial charge in [0.15, 0.2) is 0 Å². The van der Waals surface area contributed by atoms with Crippen LogP contribution in [0.3, 0.4) is 0 Å². The maximum Gasteiger partial charge on any atom is 0.222 e. The van der Waals surface area contributed by atoms with Crippen molar-refractivity contribution in [3.63, 3.8) is 0 Å². The van der Waals surface area contributed by atoms with Gasteiger partial charge in [-0.15, -0.1) is 0 Å². The summed E-state index contributed by atoms with van der Waals surface area (Å²) in [4.78, 5) is 14.0. The molecule has 1 N–H and O–H groups in total. The Morgan fingerprint density at radius 3 is 2.59 bits per heavy atom. The Morgan fingerprint density at radius 1 is 1.27 bits per heavy atom. The number of nitrogens with zero attached hydrogens (tertiary/aromatic N) is 1. The average Bonchev–Trinajstić information content (AvgIpc) is 2.56. The van der Waals surface area contributed by atoms with E-state index >= 15 is 0 Å². The molecule has 1 aliphatic rings. The van der Waals surface area contributed by atoms with Crippen molar-refractivity contribution >= 4 is 5.91 Å². The highest BCUT2D eigenvalue weighted by molar-refractivity contribution is 5.78. The summed E-state index contributed by atoms with van der Waals surface area (Å²) in [6.07, 6.45) is 3.95. The molecule has 1 fully saturated rings. The molecule has 1 aliphatic heterocycles. The van der Waals surface area contributed by atoms with E-state index in [-0.39, 0.29) is 17.6 Å². The number of piperidine rings is 1. The molecule has 0 spiro atoms. The fourth-order valence-corrected chi connectivity index (χ4v) is 2.78. The van der Waals surface area contributed by atoms with E-state index in [4.69, 9.17) is 4.74 Å². The van der Waals surface area contributed by atoms with Gasteiger partial charge in [-0.3, -0.25) is 4.79 Å². The van der Waals surface area contributed by atoms with E-state index in [9.17, 15) is 9.18 Å². The number of hydrogen-bond donors (Lipinski definition) is 1. The first kappa shape index (κ1) is 16.7. The number of carbonyl (C=O) groups excluding carboxylic acids is 1. The zero-order chi connectivity index (χ0) is 15.8. The lowest BCUT2D eigenvalue weighted by molar-refractivity contribution is -0.125. The molecule has 5 heteroatoms. The van der Waals surface area contributed by atoms with E-state index in [1.807, 2.05) is 0 Å². The summed E-state index contributed by atoms with van der Waals surface area (Å²) >= 11 is 0. The first-order valence-electron chi connectivity index (χ1n) is 8.01. The lowest BCUT2D eigenvalue weighted by Crippen LogP contribution is -2.39. The molecule has 1 saturated heterocycles. The predicted octanol–water partition coefficient (Wildman–Crippen LogP) is 2.44. The predicted molar refractivity (Wildman–Crippen MR) is 84.4 cm³/mol. The monoisotopic (exact) mass is 308 g/mol. The van der Waals surface area contributed by atoms with Crippen LogP contribution < -0.4 is 10.1 Å². The van der Waals surface area contributed by atoms with Crippen molar-refractivity contribution in [2.24, 2.45) is 5.92 Å². The number of amides is 1. The summed E-state index contributed by atoms with van der Waals surface area (Å²) in [5.74, 6) is 0.829. The quantitative estimate of drug-likeness (QED) is 0.787. The molecule has 0 unspecified atom stereocenters. The summed E-state index contributed by atoms with van der Waals surface area (Å²) in [6.45, 7) is 3.70. The molecule has 0 aliphatic carbocycles. The number of nitrogens with one attached hydrogen (secondary N) is 1. The lowest BCUT2D eigenvalue weighted by atomic mass is 9.96. The van der Waals surface area contributed by atoms with E-state index in [0.717, 1.165) is 45.3 Å². The zero-order valence-electron chi connectivity index (χ0n) is 13.2. The molecule has 0 bridgehead atoms. The molecule has 1 heterocycles. The molecule has 1 amide bonds. The van der Waals surface area contributed by atoms with Gasteiger partial charge in [-0.05, 0) is 69.6 Å². The molecule has 2 rings (SSSR count). The van der Waals surface area contributed by atoms with Crippen molar-refractivity contribution in [1.82, 2.24) is 10.2 Å². The average molecular weight is 308 g/mol. The maximum atomic E-state index is 12.7. The number of carbonyl (C=O) groups is 1. The van der Waals surface area contributed by atoms with E-state index in [1.165, 1.54) is 12.1 Å². The first-order chi connectivity index (χ1) is 10.7. The van der Waals surface area contributed by atoms with E-state index in [0.29, 0.717) is 12.4 Å². The topological polar surface area (TPSA) is 41.6 Å². The number of rotatable bonds is 7. The van der Waals surface area contributed by atoms with Gasteiger partial charge < -0.3 is 15.0 Å². The van der Waals surface area contributed by atoms with Gasteiger partial charge in [-0.1, -0.05) is 0 Å². The van der Waals surface area contributed by atoms with Crippen LogP contribution in [0.1, 0.15) is 25.7 Å². The van der Waals surface area contributed by atoms with Gasteiger partial charge in [-0.25, -0.2) is 4.39 Å². The Bertz CT molecular complexity index is 456. The van der Waals surface area contributed by atoms with Crippen LogP contribution in [-0.2, 0) is 4.79 Å². The minimum atomic E-state index is -0.243. The Hall–Kier alpha value is -1.62. The summed E-state index contributed by atoms with van der Waals surface area (Å²) in [7, 11) is 1.70. The highest BCUT2D eigenvalue weighted by Crippen LogP contribution is 2.17. The Labute approximate surface area is 131 Å². The molecule has 0 atom stereocenters. The van der Waals surface area contributed by atoms with Gasteiger partial charge in [0.1, 0.15) is 11.6 Å². The van der Waals surface area contributed by atoms with Crippen molar-refractivity contribution < 1.29 is 13.9 Å². The van der Waals surface area contributed by atoms with Crippen LogP contribution in [-0.4, -0.2) is 44.1 Å². The van der Waals surface area contributed by atoms with E-state index in [1.54, 1.807) is 19.2 Å². The number of unbranched alkanes of at least 4 members (excludes halogenated alkanes) is 1. The normalized spacial score (nSPS) is 16.5. The third kappa shape index (κ3) is 5.30. The standard InChI is InChI=1S/C17H25FN2O2/c1-19-17(21)14-8-11-20(12-9-14)10-2-3-13-22-16-6-4-15(18)5-7-16/h4-7,14H,2-3,8-13H2,1H3,(H,19,21). The van der Waals surface area contributed by atoms with Crippen LogP contribution in [0.2, 0.25) is 0 Å². The molecule has 122 valence electrons. The van der Waals surface area contributed by atoms with Crippen molar-refractivity contribution in [3.8, 4) is 5.75 Å². The molecule has 1 aromatic rings. The number of halogens is 1. The molecule has 1 aromatic carbocycles. The molecule has 0 aromatic heterocycles. The molecular weight excluding hydrogens is 283 g/mol. The summed E-state index contributed by atoms with van der Waals surface area (Å²) in [6, 6.07) is 6.12. The third-order valence-electron chi connectivity index (χ3n) is 4.16. The van der Waals surface area contributed by atoms with Crippen LogP contribution >= 0.6 is 0 Å². The second-order valence-electron chi connectivity index (χ2n) is 5.74. The highest BCUT2D eigenvalue weighted by atomic mass is 19.1. The van der Waals surface area contributed by atoms with Crippen LogP contribution in [0.5, 0.6) is 5.75 Å².